The fourth-order valence-corrected chi connectivity index (χ4v) is 3.71. The molecule has 1 fully saturated rings. The number of pyridine rings is 1. The smallest absolute Gasteiger partial charge is 0.274 e. The Balaban J connectivity index is 1.66. The minimum Gasteiger partial charge on any atom is -0.497 e. The zero-order valence-electron chi connectivity index (χ0n) is 15.0. The minimum atomic E-state index is 0.0106. The molecular weight excluding hydrogens is 326 g/mol. The predicted octanol–water partition coefficient (Wildman–Crippen LogP) is 4.10. The highest BCUT2D eigenvalue weighted by atomic mass is 16.5. The topological polar surface area (TPSA) is 46.8 Å². The molecule has 1 aliphatic heterocycles. The van der Waals surface area contributed by atoms with Gasteiger partial charge in [0.15, 0.2) is 0 Å². The van der Waals surface area contributed by atoms with Gasteiger partial charge in [0.05, 0.1) is 13.2 Å². The number of ether oxygens (including phenoxy) is 1. The standard InChI is InChI=1S/C21H23N3O2/c1-26-17-11-9-16(10-12-17)19-7-3-2-5-14-24(19)21(25)18-15-23-13-6-4-8-20(23)22-18/h4,6,8-13,15,19H,2-3,5,7,14H2,1H3. The largest absolute Gasteiger partial charge is 0.497 e. The van der Waals surface area contributed by atoms with E-state index in [1.165, 1.54) is 0 Å². The molecular formula is C21H23N3O2. The first-order valence-electron chi connectivity index (χ1n) is 9.15. The van der Waals surface area contributed by atoms with Crippen LogP contribution in [0.25, 0.3) is 5.65 Å². The molecule has 26 heavy (non-hydrogen) atoms. The van der Waals surface area contributed by atoms with Crippen molar-refractivity contribution in [3.63, 3.8) is 0 Å². The van der Waals surface area contributed by atoms with Crippen LogP contribution in [0.5, 0.6) is 5.75 Å². The Labute approximate surface area is 153 Å². The van der Waals surface area contributed by atoms with Gasteiger partial charge in [0.1, 0.15) is 17.1 Å². The number of amides is 1. The molecule has 0 N–H and O–H groups in total. The molecule has 4 rings (SSSR count). The summed E-state index contributed by atoms with van der Waals surface area (Å²) in [4.78, 5) is 19.8. The van der Waals surface area contributed by atoms with Gasteiger partial charge < -0.3 is 14.0 Å². The summed E-state index contributed by atoms with van der Waals surface area (Å²) >= 11 is 0. The summed E-state index contributed by atoms with van der Waals surface area (Å²) in [6, 6.07) is 13.9. The number of benzene rings is 1. The summed E-state index contributed by atoms with van der Waals surface area (Å²) in [5, 5.41) is 0. The molecule has 1 aliphatic rings. The molecule has 1 aromatic carbocycles. The normalized spacial score (nSPS) is 17.9. The van der Waals surface area contributed by atoms with Crippen LogP contribution in [0.1, 0.15) is 47.8 Å². The van der Waals surface area contributed by atoms with E-state index < -0.39 is 0 Å². The number of carbonyl (C=O) groups excluding carboxylic acids is 1. The van der Waals surface area contributed by atoms with Gasteiger partial charge in [-0.2, -0.15) is 0 Å². The zero-order valence-corrected chi connectivity index (χ0v) is 15.0. The van der Waals surface area contributed by atoms with E-state index in [0.29, 0.717) is 5.69 Å². The van der Waals surface area contributed by atoms with Crippen LogP contribution in [0.3, 0.4) is 0 Å². The molecule has 1 amide bonds. The highest BCUT2D eigenvalue weighted by Gasteiger charge is 2.29. The quantitative estimate of drug-likeness (QED) is 0.715. The van der Waals surface area contributed by atoms with Gasteiger partial charge in [0, 0.05) is 18.9 Å². The molecule has 1 saturated heterocycles. The Morgan fingerprint density at radius 2 is 1.96 bits per heavy atom. The maximum Gasteiger partial charge on any atom is 0.274 e. The predicted molar refractivity (Wildman–Crippen MR) is 100 cm³/mol. The molecule has 0 aliphatic carbocycles. The third-order valence-corrected chi connectivity index (χ3v) is 5.10. The number of nitrogens with zero attached hydrogens (tertiary/aromatic N) is 3. The van der Waals surface area contributed by atoms with Gasteiger partial charge in [-0.1, -0.05) is 31.0 Å². The van der Waals surface area contributed by atoms with Gasteiger partial charge in [-0.3, -0.25) is 4.79 Å². The van der Waals surface area contributed by atoms with Crippen LogP contribution >= 0.6 is 0 Å². The summed E-state index contributed by atoms with van der Waals surface area (Å²) in [7, 11) is 1.67. The van der Waals surface area contributed by atoms with Crippen LogP contribution in [0.15, 0.2) is 54.9 Å². The highest BCUT2D eigenvalue weighted by Crippen LogP contribution is 2.32. The Morgan fingerprint density at radius 1 is 1.12 bits per heavy atom. The molecule has 3 aromatic rings. The molecule has 5 heteroatoms. The number of aromatic nitrogens is 2. The van der Waals surface area contributed by atoms with Crippen molar-refractivity contribution < 1.29 is 9.53 Å². The Hall–Kier alpha value is -2.82. The number of likely N-dealkylation sites (tertiary alicyclic amines) is 1. The fraction of sp³-hybridized carbons (Fsp3) is 0.333. The van der Waals surface area contributed by atoms with Gasteiger partial charge in [0.2, 0.25) is 0 Å². The van der Waals surface area contributed by atoms with Crippen molar-refractivity contribution in [1.29, 1.82) is 0 Å². The number of fused-ring (bicyclic) bond motifs is 1. The van der Waals surface area contributed by atoms with E-state index in [2.05, 4.69) is 17.1 Å². The minimum absolute atomic E-state index is 0.0106. The number of hydrogen-bond acceptors (Lipinski definition) is 3. The van der Waals surface area contributed by atoms with Crippen LogP contribution in [-0.2, 0) is 0 Å². The molecule has 5 nitrogen and oxygen atoms in total. The second-order valence-electron chi connectivity index (χ2n) is 6.73. The van der Waals surface area contributed by atoms with E-state index >= 15 is 0 Å². The first-order valence-corrected chi connectivity index (χ1v) is 9.15. The first kappa shape index (κ1) is 16.6. The number of carbonyl (C=O) groups is 1. The molecule has 0 saturated carbocycles. The van der Waals surface area contributed by atoms with E-state index in [0.717, 1.165) is 49.2 Å². The molecule has 3 heterocycles. The molecule has 1 atom stereocenters. The lowest BCUT2D eigenvalue weighted by atomic mass is 10.0. The highest BCUT2D eigenvalue weighted by molar-refractivity contribution is 5.93. The average molecular weight is 349 g/mol. The number of hydrogen-bond donors (Lipinski definition) is 0. The van der Waals surface area contributed by atoms with E-state index in [4.69, 9.17) is 4.74 Å². The van der Waals surface area contributed by atoms with Gasteiger partial charge in [-0.15, -0.1) is 0 Å². The van der Waals surface area contributed by atoms with Crippen LogP contribution in [0.4, 0.5) is 0 Å². The lowest BCUT2D eigenvalue weighted by molar-refractivity contribution is 0.0675. The first-order chi connectivity index (χ1) is 12.8. The zero-order chi connectivity index (χ0) is 17.9. The van der Waals surface area contributed by atoms with Crippen LogP contribution in [0, 0.1) is 0 Å². The third kappa shape index (κ3) is 3.17. The van der Waals surface area contributed by atoms with Crippen molar-refractivity contribution in [2.45, 2.75) is 31.7 Å². The van der Waals surface area contributed by atoms with Crippen molar-refractivity contribution in [3.8, 4) is 5.75 Å². The molecule has 0 spiro atoms. The second kappa shape index (κ2) is 7.20. The van der Waals surface area contributed by atoms with Gasteiger partial charge in [-0.25, -0.2) is 4.98 Å². The van der Waals surface area contributed by atoms with Crippen molar-refractivity contribution in [2.24, 2.45) is 0 Å². The van der Waals surface area contributed by atoms with Crippen molar-refractivity contribution in [1.82, 2.24) is 14.3 Å². The van der Waals surface area contributed by atoms with Gasteiger partial charge in [-0.05, 0) is 42.7 Å². The summed E-state index contributed by atoms with van der Waals surface area (Å²) in [6.45, 7) is 0.767. The van der Waals surface area contributed by atoms with Gasteiger partial charge >= 0.3 is 0 Å². The van der Waals surface area contributed by atoms with E-state index in [9.17, 15) is 4.79 Å². The molecule has 1 unspecified atom stereocenters. The summed E-state index contributed by atoms with van der Waals surface area (Å²) in [6.07, 6.45) is 8.04. The fourth-order valence-electron chi connectivity index (χ4n) is 3.71. The van der Waals surface area contributed by atoms with Crippen molar-refractivity contribution >= 4 is 11.6 Å². The second-order valence-corrected chi connectivity index (χ2v) is 6.73. The van der Waals surface area contributed by atoms with E-state index in [-0.39, 0.29) is 11.9 Å². The Morgan fingerprint density at radius 3 is 2.73 bits per heavy atom. The lowest BCUT2D eigenvalue weighted by Gasteiger charge is -2.30. The average Bonchev–Trinajstić information content (AvgIpc) is 2.97. The summed E-state index contributed by atoms with van der Waals surface area (Å²) < 4.78 is 7.16. The summed E-state index contributed by atoms with van der Waals surface area (Å²) in [5.41, 5.74) is 2.47. The van der Waals surface area contributed by atoms with Crippen LogP contribution < -0.4 is 4.74 Å². The maximum atomic E-state index is 13.3. The van der Waals surface area contributed by atoms with E-state index in [1.54, 1.807) is 7.11 Å². The molecule has 0 bridgehead atoms. The molecule has 2 aromatic heterocycles. The SMILES string of the molecule is COc1ccc(C2CCCCCN2C(=O)c2cn3ccccc3n2)cc1. The van der Waals surface area contributed by atoms with Crippen LogP contribution in [0.2, 0.25) is 0 Å². The van der Waals surface area contributed by atoms with Crippen molar-refractivity contribution in [3.05, 3.63) is 66.1 Å². The van der Waals surface area contributed by atoms with E-state index in [1.807, 2.05) is 52.0 Å². The monoisotopic (exact) mass is 349 g/mol. The van der Waals surface area contributed by atoms with Crippen molar-refractivity contribution in [2.75, 3.05) is 13.7 Å². The molecule has 0 radical (unpaired) electrons. The van der Waals surface area contributed by atoms with Crippen LogP contribution in [-0.4, -0.2) is 33.8 Å². The molecule has 134 valence electrons. The number of imidazole rings is 1. The Kier molecular flexibility index (Phi) is 4.61. The Bertz CT molecular complexity index is 868. The maximum absolute atomic E-state index is 13.3. The van der Waals surface area contributed by atoms with Gasteiger partial charge in [0.25, 0.3) is 5.91 Å². The summed E-state index contributed by atoms with van der Waals surface area (Å²) in [5.74, 6) is 0.844. The lowest BCUT2D eigenvalue weighted by Crippen LogP contribution is -2.35. The number of methoxy groups -OCH3 is 1. The third-order valence-electron chi connectivity index (χ3n) is 5.10. The number of rotatable bonds is 3.